The van der Waals surface area contributed by atoms with Crippen LogP contribution in [-0.2, 0) is 0 Å². The molecule has 1 rings (SSSR count). The van der Waals surface area contributed by atoms with Crippen molar-refractivity contribution < 1.29 is 0 Å². The van der Waals surface area contributed by atoms with Crippen molar-refractivity contribution in [2.24, 2.45) is 11.7 Å². The fraction of sp³-hybridized carbons (Fsp3) is 0.778. The van der Waals surface area contributed by atoms with Crippen LogP contribution in [0.5, 0.6) is 0 Å². The van der Waals surface area contributed by atoms with Crippen LogP contribution in [0.1, 0.15) is 12.8 Å². The van der Waals surface area contributed by atoms with Gasteiger partial charge in [0.25, 0.3) is 0 Å². The topological polar surface area (TPSA) is 29.3 Å². The van der Waals surface area contributed by atoms with Gasteiger partial charge < -0.3 is 5.73 Å². The fourth-order valence-corrected chi connectivity index (χ4v) is 1.87. The van der Waals surface area contributed by atoms with Crippen LogP contribution >= 0.6 is 23.2 Å². The molecule has 1 fully saturated rings. The molecule has 0 unspecified atom stereocenters. The standard InChI is InChI=1S/C9H16Cl2N2/c10-5-9(11)7-13-3-1-8(6-12)2-4-13/h5,8H,1-4,6-7,12H2. The normalized spacial score (nSPS) is 22.2. The molecule has 0 spiro atoms. The van der Waals surface area contributed by atoms with Crippen LogP contribution in [0.15, 0.2) is 10.6 Å². The van der Waals surface area contributed by atoms with Crippen molar-refractivity contribution in [2.75, 3.05) is 26.2 Å². The van der Waals surface area contributed by atoms with E-state index in [1.54, 1.807) is 0 Å². The molecule has 0 aliphatic carbocycles. The van der Waals surface area contributed by atoms with E-state index in [4.69, 9.17) is 28.9 Å². The number of halogens is 2. The van der Waals surface area contributed by atoms with E-state index >= 15 is 0 Å². The predicted molar refractivity (Wildman–Crippen MR) is 58.0 cm³/mol. The van der Waals surface area contributed by atoms with Gasteiger partial charge in [-0.1, -0.05) is 23.2 Å². The van der Waals surface area contributed by atoms with Crippen molar-refractivity contribution in [3.05, 3.63) is 10.6 Å². The van der Waals surface area contributed by atoms with Crippen LogP contribution in [0, 0.1) is 5.92 Å². The highest BCUT2D eigenvalue weighted by molar-refractivity contribution is 6.36. The van der Waals surface area contributed by atoms with Gasteiger partial charge in [0.05, 0.1) is 0 Å². The molecule has 0 aromatic rings. The first-order valence-electron chi connectivity index (χ1n) is 4.63. The Bertz CT molecular complexity index is 174. The van der Waals surface area contributed by atoms with Gasteiger partial charge in [0.15, 0.2) is 0 Å². The molecule has 0 amide bonds. The summed E-state index contributed by atoms with van der Waals surface area (Å²) < 4.78 is 0. The molecule has 2 N–H and O–H groups in total. The maximum absolute atomic E-state index is 5.83. The van der Waals surface area contributed by atoms with Crippen molar-refractivity contribution in [2.45, 2.75) is 12.8 Å². The van der Waals surface area contributed by atoms with Gasteiger partial charge >= 0.3 is 0 Å². The summed E-state index contributed by atoms with van der Waals surface area (Å²) >= 11 is 11.3. The molecule has 0 aromatic carbocycles. The van der Waals surface area contributed by atoms with Gasteiger partial charge in [-0.25, -0.2) is 0 Å². The van der Waals surface area contributed by atoms with E-state index in [1.165, 1.54) is 18.4 Å². The molecule has 2 nitrogen and oxygen atoms in total. The maximum atomic E-state index is 5.83. The summed E-state index contributed by atoms with van der Waals surface area (Å²) in [6, 6.07) is 0. The number of likely N-dealkylation sites (tertiary alicyclic amines) is 1. The highest BCUT2D eigenvalue weighted by Crippen LogP contribution is 2.17. The van der Waals surface area contributed by atoms with Crippen molar-refractivity contribution >= 4 is 23.2 Å². The summed E-state index contributed by atoms with van der Waals surface area (Å²) in [4.78, 5) is 2.31. The Kier molecular flexibility index (Phi) is 5.10. The summed E-state index contributed by atoms with van der Waals surface area (Å²) in [7, 11) is 0. The lowest BCUT2D eigenvalue weighted by atomic mass is 9.97. The summed E-state index contributed by atoms with van der Waals surface area (Å²) in [5, 5.41) is 0.716. The average Bonchev–Trinajstić information content (AvgIpc) is 2.19. The van der Waals surface area contributed by atoms with Gasteiger partial charge in [-0.3, -0.25) is 4.90 Å². The van der Waals surface area contributed by atoms with E-state index < -0.39 is 0 Å². The quantitative estimate of drug-likeness (QED) is 0.792. The van der Waals surface area contributed by atoms with Gasteiger partial charge in [-0.15, -0.1) is 0 Å². The molecule has 76 valence electrons. The Morgan fingerprint density at radius 3 is 2.54 bits per heavy atom. The lowest BCUT2D eigenvalue weighted by Crippen LogP contribution is -2.36. The Morgan fingerprint density at radius 1 is 1.46 bits per heavy atom. The molecule has 1 aliphatic heterocycles. The summed E-state index contributed by atoms with van der Waals surface area (Å²) in [5.74, 6) is 0.704. The van der Waals surface area contributed by atoms with E-state index in [1.807, 2.05) is 0 Å². The Morgan fingerprint density at radius 2 is 2.08 bits per heavy atom. The van der Waals surface area contributed by atoms with Crippen LogP contribution < -0.4 is 5.73 Å². The molecule has 1 aliphatic rings. The molecule has 0 radical (unpaired) electrons. The molecule has 13 heavy (non-hydrogen) atoms. The first kappa shape index (κ1) is 11.3. The van der Waals surface area contributed by atoms with Crippen molar-refractivity contribution in [1.29, 1.82) is 0 Å². The van der Waals surface area contributed by atoms with Crippen molar-refractivity contribution in [3.63, 3.8) is 0 Å². The minimum atomic E-state index is 0.704. The van der Waals surface area contributed by atoms with Gasteiger partial charge in [0, 0.05) is 17.1 Å². The number of hydrogen-bond donors (Lipinski definition) is 1. The third-order valence-corrected chi connectivity index (χ3v) is 3.14. The Labute approximate surface area is 89.7 Å². The second-order valence-electron chi connectivity index (χ2n) is 3.51. The molecule has 1 heterocycles. The van der Waals surface area contributed by atoms with E-state index in [0.717, 1.165) is 26.2 Å². The van der Waals surface area contributed by atoms with Crippen LogP contribution in [0.2, 0.25) is 0 Å². The van der Waals surface area contributed by atoms with E-state index in [-0.39, 0.29) is 0 Å². The van der Waals surface area contributed by atoms with Gasteiger partial charge in [-0.05, 0) is 38.4 Å². The van der Waals surface area contributed by atoms with Crippen LogP contribution in [0.4, 0.5) is 0 Å². The number of piperidine rings is 1. The zero-order valence-corrected chi connectivity index (χ0v) is 9.19. The first-order chi connectivity index (χ1) is 6.26. The maximum Gasteiger partial charge on any atom is 0.0434 e. The number of hydrogen-bond acceptors (Lipinski definition) is 2. The average molecular weight is 223 g/mol. The molecule has 0 aromatic heterocycles. The first-order valence-corrected chi connectivity index (χ1v) is 5.45. The summed E-state index contributed by atoms with van der Waals surface area (Å²) in [5.41, 5.74) is 7.04. The molecule has 0 saturated carbocycles. The molecular formula is C9H16Cl2N2. The van der Waals surface area contributed by atoms with E-state index in [2.05, 4.69) is 4.90 Å². The van der Waals surface area contributed by atoms with Crippen LogP contribution in [0.3, 0.4) is 0 Å². The number of nitrogens with zero attached hydrogens (tertiary/aromatic N) is 1. The molecule has 0 bridgehead atoms. The second kappa shape index (κ2) is 5.86. The molecular weight excluding hydrogens is 207 g/mol. The van der Waals surface area contributed by atoms with Crippen molar-refractivity contribution in [3.8, 4) is 0 Å². The van der Waals surface area contributed by atoms with Gasteiger partial charge in [0.1, 0.15) is 0 Å². The van der Waals surface area contributed by atoms with E-state index in [0.29, 0.717) is 11.0 Å². The lowest BCUT2D eigenvalue weighted by Gasteiger charge is -2.30. The minimum Gasteiger partial charge on any atom is -0.330 e. The zero-order chi connectivity index (χ0) is 9.68. The molecule has 4 heteroatoms. The third kappa shape index (κ3) is 3.86. The molecule has 1 saturated heterocycles. The number of rotatable bonds is 3. The highest BCUT2D eigenvalue weighted by Gasteiger charge is 2.17. The van der Waals surface area contributed by atoms with E-state index in [9.17, 15) is 0 Å². The third-order valence-electron chi connectivity index (χ3n) is 2.53. The van der Waals surface area contributed by atoms with Crippen LogP contribution in [0.25, 0.3) is 0 Å². The van der Waals surface area contributed by atoms with Crippen molar-refractivity contribution in [1.82, 2.24) is 4.90 Å². The summed E-state index contributed by atoms with van der Waals surface area (Å²) in [6.45, 7) is 3.76. The van der Waals surface area contributed by atoms with Gasteiger partial charge in [0.2, 0.25) is 0 Å². The SMILES string of the molecule is NCC1CCN(CC(Cl)=CCl)CC1. The second-order valence-corrected chi connectivity index (χ2v) is 4.21. The monoisotopic (exact) mass is 222 g/mol. The van der Waals surface area contributed by atoms with Crippen LogP contribution in [-0.4, -0.2) is 31.1 Å². The zero-order valence-electron chi connectivity index (χ0n) is 7.68. The Hall–Kier alpha value is 0.240. The summed E-state index contributed by atoms with van der Waals surface area (Å²) in [6.07, 6.45) is 2.37. The smallest absolute Gasteiger partial charge is 0.0434 e. The predicted octanol–water partition coefficient (Wildman–Crippen LogP) is 1.98. The highest BCUT2D eigenvalue weighted by atomic mass is 35.5. The molecule has 0 atom stereocenters. The fourth-order valence-electron chi connectivity index (χ4n) is 1.63. The Balaban J connectivity index is 2.25. The minimum absolute atomic E-state index is 0.704. The largest absolute Gasteiger partial charge is 0.330 e. The number of nitrogens with two attached hydrogens (primary N) is 1. The van der Waals surface area contributed by atoms with Gasteiger partial charge in [-0.2, -0.15) is 0 Å². The lowest BCUT2D eigenvalue weighted by molar-refractivity contribution is 0.203.